The summed E-state index contributed by atoms with van der Waals surface area (Å²) in [6.07, 6.45) is 4.03. The number of aromatic nitrogens is 3. The molecule has 1 aromatic carbocycles. The summed E-state index contributed by atoms with van der Waals surface area (Å²) in [6, 6.07) is 3.79. The van der Waals surface area contributed by atoms with Crippen molar-refractivity contribution < 1.29 is 8.78 Å². The average molecular weight is 266 g/mol. The summed E-state index contributed by atoms with van der Waals surface area (Å²) in [5.74, 6) is -1.68. The van der Waals surface area contributed by atoms with Gasteiger partial charge >= 0.3 is 0 Å². The Labute approximate surface area is 110 Å². The molecule has 6 heteroatoms. The van der Waals surface area contributed by atoms with Crippen molar-refractivity contribution in [2.45, 2.75) is 12.5 Å². The van der Waals surface area contributed by atoms with Crippen LogP contribution < -0.4 is 0 Å². The highest BCUT2D eigenvalue weighted by Crippen LogP contribution is 2.22. The van der Waals surface area contributed by atoms with E-state index in [1.807, 2.05) is 19.0 Å². The number of benzene rings is 1. The number of hydrogen-bond acceptors (Lipinski definition) is 3. The molecule has 1 unspecified atom stereocenters. The van der Waals surface area contributed by atoms with Crippen molar-refractivity contribution in [3.63, 3.8) is 0 Å². The van der Waals surface area contributed by atoms with Crippen molar-refractivity contribution >= 4 is 0 Å². The molecule has 1 aromatic heterocycles. The molecule has 0 saturated carbocycles. The highest BCUT2D eigenvalue weighted by atomic mass is 19.2. The summed E-state index contributed by atoms with van der Waals surface area (Å²) in [5, 5.41) is 7.72. The second kappa shape index (κ2) is 5.88. The fourth-order valence-electron chi connectivity index (χ4n) is 1.94. The standard InChI is InChI=1S/C13H16F2N4/c1-18(2)7-5-13(19-8-6-16-17-19)10-3-4-11(14)12(15)9-10/h3-4,6,8-9,13H,5,7H2,1-2H3. The van der Waals surface area contributed by atoms with E-state index in [2.05, 4.69) is 10.3 Å². The van der Waals surface area contributed by atoms with Gasteiger partial charge in [0.15, 0.2) is 11.6 Å². The first-order valence-electron chi connectivity index (χ1n) is 6.03. The van der Waals surface area contributed by atoms with Gasteiger partial charge in [-0.25, -0.2) is 13.5 Å². The van der Waals surface area contributed by atoms with Crippen molar-refractivity contribution in [1.82, 2.24) is 19.9 Å². The Hall–Kier alpha value is -1.82. The number of rotatable bonds is 5. The summed E-state index contributed by atoms with van der Waals surface area (Å²) in [7, 11) is 3.92. The monoisotopic (exact) mass is 266 g/mol. The lowest BCUT2D eigenvalue weighted by Gasteiger charge is -2.19. The molecule has 0 radical (unpaired) electrons. The molecule has 2 rings (SSSR count). The van der Waals surface area contributed by atoms with Crippen LogP contribution in [0.15, 0.2) is 30.6 Å². The quantitative estimate of drug-likeness (QED) is 0.831. The van der Waals surface area contributed by atoms with E-state index in [0.717, 1.165) is 19.0 Å². The van der Waals surface area contributed by atoms with Crippen molar-refractivity contribution in [2.24, 2.45) is 0 Å². The SMILES string of the molecule is CN(C)CCC(c1ccc(F)c(F)c1)n1ccnn1. The van der Waals surface area contributed by atoms with E-state index in [0.29, 0.717) is 5.56 Å². The summed E-state index contributed by atoms with van der Waals surface area (Å²) < 4.78 is 28.0. The maximum Gasteiger partial charge on any atom is 0.159 e. The van der Waals surface area contributed by atoms with Crippen LogP contribution in [-0.4, -0.2) is 40.5 Å². The summed E-state index contributed by atoms with van der Waals surface area (Å²) in [4.78, 5) is 2.03. The number of nitrogens with zero attached hydrogens (tertiary/aromatic N) is 4. The van der Waals surface area contributed by atoms with Gasteiger partial charge in [0.05, 0.1) is 12.2 Å². The molecule has 0 spiro atoms. The maximum absolute atomic E-state index is 13.3. The Bertz CT molecular complexity index is 525. The van der Waals surface area contributed by atoms with Crippen molar-refractivity contribution in [3.05, 3.63) is 47.8 Å². The Balaban J connectivity index is 2.28. The van der Waals surface area contributed by atoms with Gasteiger partial charge in [0, 0.05) is 6.20 Å². The van der Waals surface area contributed by atoms with Crippen LogP contribution in [-0.2, 0) is 0 Å². The van der Waals surface area contributed by atoms with Crippen molar-refractivity contribution in [2.75, 3.05) is 20.6 Å². The van der Waals surface area contributed by atoms with Gasteiger partial charge in [-0.05, 0) is 44.8 Å². The van der Waals surface area contributed by atoms with Gasteiger partial charge in [0.25, 0.3) is 0 Å². The van der Waals surface area contributed by atoms with Gasteiger partial charge in [-0.3, -0.25) is 0 Å². The van der Waals surface area contributed by atoms with Crippen LogP contribution in [0, 0.1) is 11.6 Å². The zero-order valence-electron chi connectivity index (χ0n) is 10.9. The van der Waals surface area contributed by atoms with E-state index in [4.69, 9.17) is 0 Å². The predicted molar refractivity (Wildman–Crippen MR) is 67.7 cm³/mol. The van der Waals surface area contributed by atoms with Gasteiger partial charge < -0.3 is 4.90 Å². The third kappa shape index (κ3) is 3.35. The Kier molecular flexibility index (Phi) is 4.21. The van der Waals surface area contributed by atoms with E-state index in [1.165, 1.54) is 6.07 Å². The molecule has 1 atom stereocenters. The zero-order valence-corrected chi connectivity index (χ0v) is 10.9. The van der Waals surface area contributed by atoms with Crippen LogP contribution in [0.2, 0.25) is 0 Å². The van der Waals surface area contributed by atoms with Crippen molar-refractivity contribution in [1.29, 1.82) is 0 Å². The van der Waals surface area contributed by atoms with Crippen LogP contribution in [0.25, 0.3) is 0 Å². The molecule has 0 aliphatic rings. The molecule has 4 nitrogen and oxygen atoms in total. The lowest BCUT2D eigenvalue weighted by atomic mass is 10.0. The number of halogens is 2. The molecule has 0 aliphatic carbocycles. The van der Waals surface area contributed by atoms with Gasteiger partial charge in [0.1, 0.15) is 0 Å². The largest absolute Gasteiger partial charge is 0.309 e. The second-order valence-electron chi connectivity index (χ2n) is 4.66. The third-order valence-corrected chi connectivity index (χ3v) is 2.94. The lowest BCUT2D eigenvalue weighted by Crippen LogP contribution is -2.20. The average Bonchev–Trinajstić information content (AvgIpc) is 2.87. The van der Waals surface area contributed by atoms with Crippen LogP contribution in [0.1, 0.15) is 18.0 Å². The maximum atomic E-state index is 13.3. The summed E-state index contributed by atoms with van der Waals surface area (Å²) >= 11 is 0. The van der Waals surface area contributed by atoms with Crippen LogP contribution in [0.3, 0.4) is 0 Å². The minimum Gasteiger partial charge on any atom is -0.309 e. The van der Waals surface area contributed by atoms with Crippen LogP contribution in [0.5, 0.6) is 0 Å². The van der Waals surface area contributed by atoms with E-state index in [1.54, 1.807) is 23.1 Å². The molecular weight excluding hydrogens is 250 g/mol. The topological polar surface area (TPSA) is 34.0 Å². The molecule has 0 N–H and O–H groups in total. The smallest absolute Gasteiger partial charge is 0.159 e. The van der Waals surface area contributed by atoms with Crippen LogP contribution in [0.4, 0.5) is 8.78 Å². The second-order valence-corrected chi connectivity index (χ2v) is 4.66. The fourth-order valence-corrected chi connectivity index (χ4v) is 1.94. The Morgan fingerprint density at radius 2 is 2.05 bits per heavy atom. The minimum atomic E-state index is -0.840. The molecule has 0 amide bonds. The summed E-state index contributed by atoms with van der Waals surface area (Å²) in [6.45, 7) is 0.809. The zero-order chi connectivity index (χ0) is 13.8. The summed E-state index contributed by atoms with van der Waals surface area (Å²) in [5.41, 5.74) is 0.686. The van der Waals surface area contributed by atoms with E-state index < -0.39 is 11.6 Å². The van der Waals surface area contributed by atoms with Crippen molar-refractivity contribution in [3.8, 4) is 0 Å². The Morgan fingerprint density at radius 3 is 2.63 bits per heavy atom. The molecule has 0 saturated heterocycles. The van der Waals surface area contributed by atoms with E-state index >= 15 is 0 Å². The highest BCUT2D eigenvalue weighted by Gasteiger charge is 2.16. The molecule has 2 aromatic rings. The first-order valence-corrected chi connectivity index (χ1v) is 6.03. The lowest BCUT2D eigenvalue weighted by molar-refractivity contribution is 0.353. The van der Waals surface area contributed by atoms with E-state index in [9.17, 15) is 8.78 Å². The molecule has 0 fully saturated rings. The van der Waals surface area contributed by atoms with Gasteiger partial charge in [-0.2, -0.15) is 0 Å². The van der Waals surface area contributed by atoms with Gasteiger partial charge in [0.2, 0.25) is 0 Å². The molecule has 1 heterocycles. The normalized spacial score (nSPS) is 12.9. The fraction of sp³-hybridized carbons (Fsp3) is 0.385. The first kappa shape index (κ1) is 13.6. The minimum absolute atomic E-state index is 0.153. The molecule has 0 bridgehead atoms. The molecular formula is C13H16F2N4. The number of hydrogen-bond donors (Lipinski definition) is 0. The third-order valence-electron chi connectivity index (χ3n) is 2.94. The predicted octanol–water partition coefficient (Wildman–Crippen LogP) is 2.10. The Morgan fingerprint density at radius 1 is 1.26 bits per heavy atom. The molecule has 0 aliphatic heterocycles. The van der Waals surface area contributed by atoms with Gasteiger partial charge in [-0.15, -0.1) is 5.10 Å². The van der Waals surface area contributed by atoms with Crippen LogP contribution >= 0.6 is 0 Å². The molecule has 19 heavy (non-hydrogen) atoms. The first-order chi connectivity index (χ1) is 9.08. The highest BCUT2D eigenvalue weighted by molar-refractivity contribution is 5.21. The van der Waals surface area contributed by atoms with E-state index in [-0.39, 0.29) is 6.04 Å². The van der Waals surface area contributed by atoms with Gasteiger partial charge in [-0.1, -0.05) is 11.3 Å². The molecule has 102 valence electrons.